The van der Waals surface area contributed by atoms with Gasteiger partial charge in [-0.2, -0.15) is 9.98 Å². The van der Waals surface area contributed by atoms with Gasteiger partial charge in [0.25, 0.3) is 0 Å². The second-order valence-corrected chi connectivity index (χ2v) is 9.40. The van der Waals surface area contributed by atoms with Gasteiger partial charge in [-0.05, 0) is 63.7 Å². The zero-order valence-electron chi connectivity index (χ0n) is 20.0. The number of nitrogens with two attached hydrogens (primary N) is 1. The molecule has 3 aliphatic rings. The van der Waals surface area contributed by atoms with Crippen LogP contribution in [0.4, 0.5) is 11.5 Å². The number of aliphatic imine (C=N–C) groups is 2. The van der Waals surface area contributed by atoms with E-state index in [-0.39, 0.29) is 24.0 Å². The highest BCUT2D eigenvalue weighted by Gasteiger charge is 2.40. The number of pyridine rings is 1. The molecule has 9 heteroatoms. The zero-order valence-corrected chi connectivity index (χ0v) is 20.0. The van der Waals surface area contributed by atoms with Gasteiger partial charge in [-0.3, -0.25) is 9.59 Å². The molecule has 3 heterocycles. The fourth-order valence-electron chi connectivity index (χ4n) is 4.94. The summed E-state index contributed by atoms with van der Waals surface area (Å²) in [5.74, 6) is 1.15. The van der Waals surface area contributed by atoms with Crippen molar-refractivity contribution in [3.05, 3.63) is 42.8 Å². The van der Waals surface area contributed by atoms with E-state index < -0.39 is 0 Å². The van der Waals surface area contributed by atoms with E-state index in [0.29, 0.717) is 36.3 Å². The number of carbonyl (C=O) groups is 2. The first-order valence-electron chi connectivity index (χ1n) is 11.8. The first-order chi connectivity index (χ1) is 16.3. The molecule has 1 aromatic heterocycles. The number of guanidine groups is 1. The van der Waals surface area contributed by atoms with E-state index in [2.05, 4.69) is 33.0 Å². The maximum atomic E-state index is 12.8. The standard InChI is InChI=1S/C25H33N7O2/c1-16(2)24(32(17(3)4)18-6-5-7-18)29-25(26)28-22-11-10-20(13-27-22)30-14-21-9-8-19(12-23(30)34)31(21)15-33/h10-11,13,15,18-19,21H,1,3,5-9,12,14H2,2,4H3,(H2,26,27,28)/b29-24+. The lowest BCUT2D eigenvalue weighted by atomic mass is 9.90. The molecular weight excluding hydrogens is 430 g/mol. The van der Waals surface area contributed by atoms with E-state index in [0.717, 1.165) is 43.4 Å². The number of allylic oxidation sites excluding steroid dienone is 1. The van der Waals surface area contributed by atoms with Crippen LogP contribution < -0.4 is 10.6 Å². The smallest absolute Gasteiger partial charge is 0.229 e. The van der Waals surface area contributed by atoms with Crippen LogP contribution in [-0.4, -0.2) is 63.6 Å². The Balaban J connectivity index is 1.52. The van der Waals surface area contributed by atoms with E-state index >= 15 is 0 Å². The first-order valence-corrected chi connectivity index (χ1v) is 11.8. The summed E-state index contributed by atoms with van der Waals surface area (Å²) in [6, 6.07) is 3.92. The Morgan fingerprint density at radius 1 is 1.21 bits per heavy atom. The highest BCUT2D eigenvalue weighted by atomic mass is 16.2. The second-order valence-electron chi connectivity index (χ2n) is 9.40. The Labute approximate surface area is 200 Å². The topological polar surface area (TPSA) is 107 Å². The molecule has 1 saturated carbocycles. The van der Waals surface area contributed by atoms with Crippen molar-refractivity contribution in [2.24, 2.45) is 15.7 Å². The van der Waals surface area contributed by atoms with E-state index in [9.17, 15) is 9.59 Å². The van der Waals surface area contributed by atoms with Gasteiger partial charge in [0.1, 0.15) is 5.84 Å². The van der Waals surface area contributed by atoms with E-state index in [1.54, 1.807) is 28.1 Å². The lowest BCUT2D eigenvalue weighted by Crippen LogP contribution is -2.43. The highest BCUT2D eigenvalue weighted by Crippen LogP contribution is 2.32. The minimum Gasteiger partial charge on any atom is -0.368 e. The predicted octanol–water partition coefficient (Wildman–Crippen LogP) is 3.12. The first kappa shape index (κ1) is 23.7. The maximum Gasteiger partial charge on any atom is 0.229 e. The van der Waals surface area contributed by atoms with Crippen LogP contribution in [0.15, 0.2) is 52.7 Å². The molecular formula is C25H33N7O2. The van der Waals surface area contributed by atoms with Crippen molar-refractivity contribution < 1.29 is 9.59 Å². The maximum absolute atomic E-state index is 12.8. The number of anilines is 1. The summed E-state index contributed by atoms with van der Waals surface area (Å²) in [6.07, 6.45) is 7.97. The van der Waals surface area contributed by atoms with Gasteiger partial charge in [0.15, 0.2) is 5.82 Å². The number of rotatable bonds is 6. The molecule has 1 aromatic rings. The monoisotopic (exact) mass is 463 g/mol. The SMILES string of the molecule is C=C(C)/C(=N\C(N)=Nc1ccc(N2CC3CCC(CC2=O)N3C=O)cn1)N(C(=C)C)C1CCC1. The molecule has 34 heavy (non-hydrogen) atoms. The van der Waals surface area contributed by atoms with Crippen LogP contribution in [0.5, 0.6) is 0 Å². The Kier molecular flexibility index (Phi) is 6.81. The molecule has 1 aliphatic carbocycles. The highest BCUT2D eigenvalue weighted by molar-refractivity contribution is 6.05. The lowest BCUT2D eigenvalue weighted by molar-refractivity contribution is -0.121. The summed E-state index contributed by atoms with van der Waals surface area (Å²) in [6.45, 7) is 12.5. The number of nitrogens with zero attached hydrogens (tertiary/aromatic N) is 6. The Hall–Kier alpha value is -3.49. The molecule has 2 amide bonds. The number of aromatic nitrogens is 1. The van der Waals surface area contributed by atoms with Gasteiger partial charge in [-0.15, -0.1) is 0 Å². The van der Waals surface area contributed by atoms with Gasteiger partial charge >= 0.3 is 0 Å². The lowest BCUT2D eigenvalue weighted by Gasteiger charge is -2.40. The summed E-state index contributed by atoms with van der Waals surface area (Å²) >= 11 is 0. The molecule has 0 radical (unpaired) electrons. The molecule has 3 fully saturated rings. The van der Waals surface area contributed by atoms with E-state index in [1.165, 1.54) is 6.42 Å². The molecule has 2 atom stereocenters. The van der Waals surface area contributed by atoms with Gasteiger partial charge in [-0.25, -0.2) is 4.98 Å². The summed E-state index contributed by atoms with van der Waals surface area (Å²) in [7, 11) is 0. The van der Waals surface area contributed by atoms with E-state index in [1.807, 2.05) is 13.8 Å². The summed E-state index contributed by atoms with van der Waals surface area (Å²) < 4.78 is 0. The molecule has 180 valence electrons. The van der Waals surface area contributed by atoms with Crippen molar-refractivity contribution >= 4 is 35.6 Å². The van der Waals surface area contributed by atoms with Crippen LogP contribution in [0.25, 0.3) is 0 Å². The number of fused-ring (bicyclic) bond motifs is 2. The average molecular weight is 464 g/mol. The van der Waals surface area contributed by atoms with Crippen molar-refractivity contribution in [2.75, 3.05) is 11.4 Å². The molecule has 0 spiro atoms. The van der Waals surface area contributed by atoms with Crippen molar-refractivity contribution in [3.8, 4) is 0 Å². The number of amides is 2. The summed E-state index contributed by atoms with van der Waals surface area (Å²) in [5.41, 5.74) is 8.53. The number of hydrogen-bond donors (Lipinski definition) is 1. The van der Waals surface area contributed by atoms with Crippen molar-refractivity contribution in [2.45, 2.75) is 70.5 Å². The second kappa shape index (κ2) is 9.79. The summed E-state index contributed by atoms with van der Waals surface area (Å²) in [4.78, 5) is 43.1. The van der Waals surface area contributed by atoms with Gasteiger partial charge in [0.05, 0.1) is 11.9 Å². The molecule has 0 aromatic carbocycles. The third-order valence-electron chi connectivity index (χ3n) is 6.86. The average Bonchev–Trinajstić information content (AvgIpc) is 3.07. The van der Waals surface area contributed by atoms with Crippen molar-refractivity contribution in [1.29, 1.82) is 0 Å². The molecule has 4 rings (SSSR count). The van der Waals surface area contributed by atoms with E-state index in [4.69, 9.17) is 5.73 Å². The third-order valence-corrected chi connectivity index (χ3v) is 6.86. The minimum atomic E-state index is -0.00397. The fraction of sp³-hybridized carbons (Fsp3) is 0.480. The van der Waals surface area contributed by atoms with Crippen LogP contribution in [0.2, 0.25) is 0 Å². The van der Waals surface area contributed by atoms with Crippen molar-refractivity contribution in [3.63, 3.8) is 0 Å². The third kappa shape index (κ3) is 4.73. The van der Waals surface area contributed by atoms with Crippen LogP contribution in [-0.2, 0) is 9.59 Å². The number of hydrogen-bond acceptors (Lipinski definition) is 4. The Bertz CT molecular complexity index is 1040. The minimum absolute atomic E-state index is 0.00296. The Morgan fingerprint density at radius 3 is 2.50 bits per heavy atom. The van der Waals surface area contributed by atoms with Crippen LogP contribution >= 0.6 is 0 Å². The molecule has 2 aliphatic heterocycles. The van der Waals surface area contributed by atoms with Crippen LogP contribution in [0.1, 0.15) is 52.4 Å². The van der Waals surface area contributed by atoms with Crippen LogP contribution in [0, 0.1) is 0 Å². The number of carbonyl (C=O) groups excluding carboxylic acids is 2. The molecule has 2 saturated heterocycles. The van der Waals surface area contributed by atoms with Gasteiger partial charge in [0.2, 0.25) is 18.3 Å². The van der Waals surface area contributed by atoms with Gasteiger partial charge in [-0.1, -0.05) is 13.2 Å². The summed E-state index contributed by atoms with van der Waals surface area (Å²) in [5, 5.41) is 0. The van der Waals surface area contributed by atoms with Crippen molar-refractivity contribution in [1.82, 2.24) is 14.8 Å². The van der Waals surface area contributed by atoms with Gasteiger partial charge in [0, 0.05) is 36.8 Å². The Morgan fingerprint density at radius 2 is 1.94 bits per heavy atom. The predicted molar refractivity (Wildman–Crippen MR) is 134 cm³/mol. The zero-order chi connectivity index (χ0) is 24.4. The van der Waals surface area contributed by atoms with Gasteiger partial charge < -0.3 is 20.4 Å². The molecule has 2 unspecified atom stereocenters. The number of amidine groups is 1. The normalized spacial score (nSPS) is 23.4. The molecule has 2 bridgehead atoms. The molecule has 9 nitrogen and oxygen atoms in total. The molecule has 2 N–H and O–H groups in total. The quantitative estimate of drug-likeness (QED) is 0.396. The van der Waals surface area contributed by atoms with Crippen LogP contribution in [0.3, 0.4) is 0 Å². The largest absolute Gasteiger partial charge is 0.368 e. The fourth-order valence-corrected chi connectivity index (χ4v) is 4.94.